The quantitative estimate of drug-likeness (QED) is 0.681. The Morgan fingerprint density at radius 3 is 3.00 bits per heavy atom. The summed E-state index contributed by atoms with van der Waals surface area (Å²) in [5, 5.41) is 8.58. The number of oxazole rings is 1. The van der Waals surface area contributed by atoms with E-state index < -0.39 is 5.97 Å². The Bertz CT molecular complexity index is 477. The van der Waals surface area contributed by atoms with Crippen molar-refractivity contribution in [2.45, 2.75) is 4.90 Å². The van der Waals surface area contributed by atoms with Crippen molar-refractivity contribution in [1.29, 1.82) is 0 Å². The van der Waals surface area contributed by atoms with E-state index in [1.807, 2.05) is 0 Å². The lowest BCUT2D eigenvalue weighted by atomic mass is 10.3. The molecule has 0 fully saturated rings. The van der Waals surface area contributed by atoms with Crippen LogP contribution in [-0.4, -0.2) is 16.1 Å². The van der Waals surface area contributed by atoms with E-state index in [4.69, 9.17) is 9.52 Å². The number of hydrogen-bond acceptors (Lipinski definition) is 4. The molecule has 1 aromatic heterocycles. The minimum Gasteiger partial charge on any atom is -0.474 e. The molecule has 0 unspecified atom stereocenters. The first-order chi connectivity index (χ1) is 6.16. The SMILES string of the molecule is O=C(O)c1nc2cc(S)ccc2o1. The molecule has 0 atom stereocenters. The predicted molar refractivity (Wildman–Crippen MR) is 48.2 cm³/mol. The van der Waals surface area contributed by atoms with Crippen LogP contribution in [0.25, 0.3) is 11.1 Å². The van der Waals surface area contributed by atoms with Gasteiger partial charge in [-0.25, -0.2) is 9.78 Å². The molecule has 1 heterocycles. The lowest BCUT2D eigenvalue weighted by molar-refractivity contribution is 0.0656. The van der Waals surface area contributed by atoms with Gasteiger partial charge in [0.05, 0.1) is 0 Å². The fraction of sp³-hybridized carbons (Fsp3) is 0. The Kier molecular flexibility index (Phi) is 1.73. The molecule has 0 saturated heterocycles. The topological polar surface area (TPSA) is 63.3 Å². The maximum absolute atomic E-state index is 10.5. The van der Waals surface area contributed by atoms with Gasteiger partial charge in [0, 0.05) is 4.90 Å². The van der Waals surface area contributed by atoms with Crippen LogP contribution in [-0.2, 0) is 0 Å². The molecule has 1 N–H and O–H groups in total. The van der Waals surface area contributed by atoms with Crippen molar-refractivity contribution in [1.82, 2.24) is 4.98 Å². The molecular formula is C8H5NO3S. The smallest absolute Gasteiger partial charge is 0.392 e. The van der Waals surface area contributed by atoms with Crippen LogP contribution in [0.5, 0.6) is 0 Å². The molecule has 2 rings (SSSR count). The average molecular weight is 195 g/mol. The second-order valence-electron chi connectivity index (χ2n) is 2.48. The van der Waals surface area contributed by atoms with Gasteiger partial charge in [-0.2, -0.15) is 0 Å². The summed E-state index contributed by atoms with van der Waals surface area (Å²) in [6, 6.07) is 4.99. The lowest BCUT2D eigenvalue weighted by Gasteiger charge is -1.86. The fourth-order valence-corrected chi connectivity index (χ4v) is 1.20. The van der Waals surface area contributed by atoms with Crippen LogP contribution in [0.1, 0.15) is 10.7 Å². The largest absolute Gasteiger partial charge is 0.474 e. The molecule has 13 heavy (non-hydrogen) atoms. The van der Waals surface area contributed by atoms with Gasteiger partial charge in [-0.15, -0.1) is 12.6 Å². The van der Waals surface area contributed by atoms with E-state index in [0.29, 0.717) is 11.1 Å². The Labute approximate surface area is 78.6 Å². The van der Waals surface area contributed by atoms with E-state index in [-0.39, 0.29) is 5.89 Å². The summed E-state index contributed by atoms with van der Waals surface area (Å²) in [5.41, 5.74) is 0.958. The van der Waals surface area contributed by atoms with Crippen LogP contribution in [0.4, 0.5) is 0 Å². The third kappa shape index (κ3) is 1.38. The molecule has 0 aliphatic carbocycles. The number of carboxylic acid groups (broad SMARTS) is 1. The van der Waals surface area contributed by atoms with Crippen LogP contribution < -0.4 is 0 Å². The van der Waals surface area contributed by atoms with Crippen LogP contribution in [0, 0.1) is 0 Å². The van der Waals surface area contributed by atoms with E-state index in [0.717, 1.165) is 4.90 Å². The van der Waals surface area contributed by atoms with Crippen molar-refractivity contribution in [3.05, 3.63) is 24.1 Å². The molecule has 0 spiro atoms. The van der Waals surface area contributed by atoms with E-state index in [9.17, 15) is 4.79 Å². The van der Waals surface area contributed by atoms with Crippen molar-refractivity contribution in [2.75, 3.05) is 0 Å². The number of aromatic nitrogens is 1. The highest BCUT2D eigenvalue weighted by Gasteiger charge is 2.11. The third-order valence-electron chi connectivity index (χ3n) is 1.55. The maximum atomic E-state index is 10.5. The average Bonchev–Trinajstić information content (AvgIpc) is 2.46. The van der Waals surface area contributed by atoms with Crippen molar-refractivity contribution in [3.63, 3.8) is 0 Å². The second kappa shape index (κ2) is 2.77. The molecule has 0 saturated carbocycles. The molecule has 66 valence electrons. The summed E-state index contributed by atoms with van der Waals surface area (Å²) < 4.78 is 4.94. The van der Waals surface area contributed by atoms with Gasteiger partial charge < -0.3 is 9.52 Å². The molecule has 0 radical (unpaired) electrons. The van der Waals surface area contributed by atoms with Crippen molar-refractivity contribution in [2.24, 2.45) is 0 Å². The monoisotopic (exact) mass is 195 g/mol. The van der Waals surface area contributed by atoms with Crippen molar-refractivity contribution < 1.29 is 14.3 Å². The van der Waals surface area contributed by atoms with Crippen molar-refractivity contribution >= 4 is 29.7 Å². The summed E-state index contributed by atoms with van der Waals surface area (Å²) in [5.74, 6) is -1.47. The molecular weight excluding hydrogens is 190 g/mol. The van der Waals surface area contributed by atoms with Gasteiger partial charge in [0.1, 0.15) is 5.52 Å². The number of hydrogen-bond donors (Lipinski definition) is 2. The molecule has 0 bridgehead atoms. The Morgan fingerprint density at radius 2 is 2.31 bits per heavy atom. The number of carbonyl (C=O) groups is 1. The maximum Gasteiger partial charge on any atom is 0.392 e. The van der Waals surface area contributed by atoms with Crippen LogP contribution in [0.15, 0.2) is 27.5 Å². The minimum atomic E-state index is -1.17. The Morgan fingerprint density at radius 1 is 1.54 bits per heavy atom. The molecule has 0 aliphatic rings. The zero-order valence-electron chi connectivity index (χ0n) is 6.39. The van der Waals surface area contributed by atoms with Gasteiger partial charge in [0.25, 0.3) is 0 Å². The van der Waals surface area contributed by atoms with E-state index >= 15 is 0 Å². The van der Waals surface area contributed by atoms with E-state index in [1.165, 1.54) is 0 Å². The standard InChI is InChI=1S/C8H5NO3S/c10-8(11)7-9-5-3-4(13)1-2-6(5)12-7/h1-3,13H,(H,10,11). The number of nitrogens with zero attached hydrogens (tertiary/aromatic N) is 1. The Balaban J connectivity index is 2.68. The number of benzene rings is 1. The van der Waals surface area contributed by atoms with Gasteiger partial charge in [0.15, 0.2) is 5.58 Å². The van der Waals surface area contributed by atoms with E-state index in [2.05, 4.69) is 17.6 Å². The van der Waals surface area contributed by atoms with Crippen LogP contribution >= 0.6 is 12.6 Å². The predicted octanol–water partition coefficient (Wildman–Crippen LogP) is 1.81. The first kappa shape index (κ1) is 8.12. The zero-order valence-corrected chi connectivity index (χ0v) is 7.28. The number of aromatic carboxylic acids is 1. The van der Waals surface area contributed by atoms with Gasteiger partial charge in [-0.05, 0) is 18.2 Å². The normalized spacial score (nSPS) is 10.5. The van der Waals surface area contributed by atoms with Gasteiger partial charge in [0.2, 0.25) is 0 Å². The van der Waals surface area contributed by atoms with Gasteiger partial charge in [-0.1, -0.05) is 0 Å². The summed E-state index contributed by atoms with van der Waals surface area (Å²) >= 11 is 4.09. The summed E-state index contributed by atoms with van der Waals surface area (Å²) in [4.78, 5) is 15.0. The Hall–Kier alpha value is -1.49. The first-order valence-electron chi connectivity index (χ1n) is 3.49. The minimum absolute atomic E-state index is 0.297. The summed E-state index contributed by atoms with van der Waals surface area (Å²) in [7, 11) is 0. The highest BCUT2D eigenvalue weighted by atomic mass is 32.1. The molecule has 5 heteroatoms. The fourth-order valence-electron chi connectivity index (χ4n) is 1.01. The lowest BCUT2D eigenvalue weighted by Crippen LogP contribution is -1.94. The summed E-state index contributed by atoms with van der Waals surface area (Å²) in [6.07, 6.45) is 0. The number of fused-ring (bicyclic) bond motifs is 1. The molecule has 1 aromatic carbocycles. The highest BCUT2D eigenvalue weighted by molar-refractivity contribution is 7.80. The van der Waals surface area contributed by atoms with Gasteiger partial charge in [-0.3, -0.25) is 0 Å². The van der Waals surface area contributed by atoms with Gasteiger partial charge >= 0.3 is 11.9 Å². The van der Waals surface area contributed by atoms with Crippen LogP contribution in [0.3, 0.4) is 0 Å². The van der Waals surface area contributed by atoms with Crippen LogP contribution in [0.2, 0.25) is 0 Å². The van der Waals surface area contributed by atoms with E-state index in [1.54, 1.807) is 18.2 Å². The molecule has 2 aromatic rings. The van der Waals surface area contributed by atoms with Crippen molar-refractivity contribution in [3.8, 4) is 0 Å². The number of rotatable bonds is 1. The molecule has 4 nitrogen and oxygen atoms in total. The zero-order chi connectivity index (χ0) is 9.42. The second-order valence-corrected chi connectivity index (χ2v) is 2.99. The first-order valence-corrected chi connectivity index (χ1v) is 3.94. The summed E-state index contributed by atoms with van der Waals surface area (Å²) in [6.45, 7) is 0. The third-order valence-corrected chi connectivity index (χ3v) is 1.83. The number of thiol groups is 1. The molecule has 0 amide bonds. The number of carboxylic acids is 1. The highest BCUT2D eigenvalue weighted by Crippen LogP contribution is 2.18. The molecule has 0 aliphatic heterocycles.